The van der Waals surface area contributed by atoms with Crippen molar-refractivity contribution in [1.29, 1.82) is 0 Å². The quantitative estimate of drug-likeness (QED) is 0.464. The minimum Gasteiger partial charge on any atom is -0.362 e. The van der Waals surface area contributed by atoms with Gasteiger partial charge in [-0.1, -0.05) is 55.4 Å². The lowest BCUT2D eigenvalue weighted by molar-refractivity contribution is 0.0636. The molecular weight excluding hydrogens is 356 g/mol. The van der Waals surface area contributed by atoms with Gasteiger partial charge in [-0.15, -0.1) is 10.2 Å². The summed E-state index contributed by atoms with van der Waals surface area (Å²) in [6, 6.07) is 14.5. The fraction of sp³-hybridized carbons (Fsp3) is 0.190. The van der Waals surface area contributed by atoms with E-state index >= 15 is 0 Å². The van der Waals surface area contributed by atoms with E-state index in [1.54, 1.807) is 18.2 Å². The number of amides is 2. The van der Waals surface area contributed by atoms with Crippen molar-refractivity contribution < 1.29 is 14.1 Å². The molecule has 0 radical (unpaired) electrons. The predicted molar refractivity (Wildman–Crippen MR) is 103 cm³/mol. The first-order valence-electron chi connectivity index (χ1n) is 8.97. The average Bonchev–Trinajstić information content (AvgIpc) is 3.26. The second-order valence-electron chi connectivity index (χ2n) is 6.93. The van der Waals surface area contributed by atoms with Crippen LogP contribution in [0.15, 0.2) is 69.5 Å². The molecule has 7 heteroatoms. The van der Waals surface area contributed by atoms with Gasteiger partial charge in [0.1, 0.15) is 5.69 Å². The molecule has 0 saturated heterocycles. The Labute approximate surface area is 161 Å². The molecule has 1 aliphatic heterocycles. The normalized spacial score (nSPS) is 13.8. The van der Waals surface area contributed by atoms with Crippen LogP contribution in [-0.2, 0) is 0 Å². The molecule has 0 fully saturated rings. The van der Waals surface area contributed by atoms with E-state index < -0.39 is 0 Å². The van der Waals surface area contributed by atoms with Crippen LogP contribution in [0.25, 0.3) is 11.3 Å². The standard InChI is InChI=1S/C21H18N4O3/c1-13(2)11-25-20(26)15-9-6-10-16(18(15)21(25)27)22-23-17-12-28-24-19(17)14-7-4-3-5-8-14/h3-10,12-13H,11H2,1-2H3. The van der Waals surface area contributed by atoms with Gasteiger partial charge in [0.05, 0.1) is 16.8 Å². The summed E-state index contributed by atoms with van der Waals surface area (Å²) in [5, 5.41) is 12.4. The molecule has 28 heavy (non-hydrogen) atoms. The summed E-state index contributed by atoms with van der Waals surface area (Å²) in [5.41, 5.74) is 2.84. The van der Waals surface area contributed by atoms with Gasteiger partial charge in [0, 0.05) is 12.1 Å². The van der Waals surface area contributed by atoms with Gasteiger partial charge in [0.25, 0.3) is 11.8 Å². The Bertz CT molecular complexity index is 1070. The van der Waals surface area contributed by atoms with E-state index in [0.29, 0.717) is 29.2 Å². The summed E-state index contributed by atoms with van der Waals surface area (Å²) >= 11 is 0. The summed E-state index contributed by atoms with van der Waals surface area (Å²) in [6.07, 6.45) is 1.40. The highest BCUT2D eigenvalue weighted by Gasteiger charge is 2.37. The molecule has 3 aromatic rings. The minimum atomic E-state index is -0.336. The van der Waals surface area contributed by atoms with Crippen molar-refractivity contribution in [1.82, 2.24) is 10.1 Å². The average molecular weight is 374 g/mol. The molecule has 2 heterocycles. The largest absolute Gasteiger partial charge is 0.362 e. The van der Waals surface area contributed by atoms with Gasteiger partial charge in [0.2, 0.25) is 0 Å². The first-order chi connectivity index (χ1) is 13.6. The van der Waals surface area contributed by atoms with Gasteiger partial charge in [0.15, 0.2) is 12.0 Å². The summed E-state index contributed by atoms with van der Waals surface area (Å²) in [5.74, 6) is -0.449. The SMILES string of the molecule is CC(C)CN1C(=O)c2cccc(N=Nc3conc3-c3ccccc3)c2C1=O. The molecule has 0 saturated carbocycles. The third-order valence-electron chi connectivity index (χ3n) is 4.39. The van der Waals surface area contributed by atoms with Crippen LogP contribution in [0, 0.1) is 5.92 Å². The van der Waals surface area contributed by atoms with Gasteiger partial charge in [-0.2, -0.15) is 0 Å². The zero-order chi connectivity index (χ0) is 19.7. The van der Waals surface area contributed by atoms with Crippen LogP contribution in [0.3, 0.4) is 0 Å². The lowest BCUT2D eigenvalue weighted by Gasteiger charge is -2.15. The lowest BCUT2D eigenvalue weighted by atomic mass is 10.1. The monoisotopic (exact) mass is 374 g/mol. The Hall–Kier alpha value is -3.61. The number of fused-ring (bicyclic) bond motifs is 1. The smallest absolute Gasteiger partial charge is 0.263 e. The Morgan fingerprint density at radius 3 is 2.46 bits per heavy atom. The molecule has 7 nitrogen and oxygen atoms in total. The molecule has 0 aliphatic carbocycles. The Balaban J connectivity index is 1.69. The van der Waals surface area contributed by atoms with E-state index in [1.807, 2.05) is 44.2 Å². The Morgan fingerprint density at radius 2 is 1.71 bits per heavy atom. The molecule has 4 rings (SSSR count). The van der Waals surface area contributed by atoms with Crippen LogP contribution in [0.4, 0.5) is 11.4 Å². The van der Waals surface area contributed by atoms with Crippen LogP contribution in [0.2, 0.25) is 0 Å². The summed E-state index contributed by atoms with van der Waals surface area (Å²) in [4.78, 5) is 26.6. The summed E-state index contributed by atoms with van der Waals surface area (Å²) in [6.45, 7) is 4.29. The van der Waals surface area contributed by atoms with Crippen molar-refractivity contribution in [3.05, 3.63) is 65.9 Å². The third-order valence-corrected chi connectivity index (χ3v) is 4.39. The van der Waals surface area contributed by atoms with E-state index in [0.717, 1.165) is 5.56 Å². The number of benzene rings is 2. The van der Waals surface area contributed by atoms with Gasteiger partial charge >= 0.3 is 0 Å². The first kappa shape index (κ1) is 17.8. The maximum absolute atomic E-state index is 12.8. The van der Waals surface area contributed by atoms with Crippen molar-refractivity contribution in [2.45, 2.75) is 13.8 Å². The van der Waals surface area contributed by atoms with Crippen molar-refractivity contribution >= 4 is 23.2 Å². The molecule has 2 amide bonds. The third kappa shape index (κ3) is 3.11. The molecule has 0 atom stereocenters. The molecular formula is C21H18N4O3. The maximum Gasteiger partial charge on any atom is 0.263 e. The van der Waals surface area contributed by atoms with Crippen molar-refractivity contribution in [2.75, 3.05) is 6.54 Å². The highest BCUT2D eigenvalue weighted by Crippen LogP contribution is 2.34. The van der Waals surface area contributed by atoms with E-state index in [2.05, 4.69) is 15.4 Å². The fourth-order valence-corrected chi connectivity index (χ4v) is 3.14. The van der Waals surface area contributed by atoms with Crippen molar-refractivity contribution in [3.8, 4) is 11.3 Å². The lowest BCUT2D eigenvalue weighted by Crippen LogP contribution is -2.33. The number of carbonyl (C=O) groups is 2. The van der Waals surface area contributed by atoms with Crippen LogP contribution < -0.4 is 0 Å². The van der Waals surface area contributed by atoms with Crippen LogP contribution in [-0.4, -0.2) is 28.4 Å². The first-order valence-corrected chi connectivity index (χ1v) is 8.97. The predicted octanol–water partition coefficient (Wildman–Crippen LogP) is 5.01. The van der Waals surface area contributed by atoms with E-state index in [9.17, 15) is 9.59 Å². The highest BCUT2D eigenvalue weighted by molar-refractivity contribution is 6.23. The number of nitrogens with zero attached hydrogens (tertiary/aromatic N) is 4. The van der Waals surface area contributed by atoms with E-state index in [4.69, 9.17) is 4.52 Å². The zero-order valence-electron chi connectivity index (χ0n) is 15.5. The van der Waals surface area contributed by atoms with Crippen LogP contribution in [0.5, 0.6) is 0 Å². The molecule has 0 bridgehead atoms. The summed E-state index contributed by atoms with van der Waals surface area (Å²) < 4.78 is 5.05. The van der Waals surface area contributed by atoms with Crippen molar-refractivity contribution in [3.63, 3.8) is 0 Å². The second-order valence-corrected chi connectivity index (χ2v) is 6.93. The molecule has 1 aromatic heterocycles. The van der Waals surface area contributed by atoms with E-state index in [1.165, 1.54) is 11.2 Å². The number of carbonyl (C=O) groups excluding carboxylic acids is 2. The number of hydrogen-bond acceptors (Lipinski definition) is 6. The maximum atomic E-state index is 12.8. The van der Waals surface area contributed by atoms with Crippen molar-refractivity contribution in [2.24, 2.45) is 16.1 Å². The molecule has 0 unspecified atom stereocenters. The zero-order valence-corrected chi connectivity index (χ0v) is 15.5. The molecule has 0 spiro atoms. The van der Waals surface area contributed by atoms with Gasteiger partial charge < -0.3 is 4.52 Å². The van der Waals surface area contributed by atoms with E-state index in [-0.39, 0.29) is 23.3 Å². The Morgan fingerprint density at radius 1 is 0.964 bits per heavy atom. The van der Waals surface area contributed by atoms with Gasteiger partial charge in [-0.25, -0.2) is 0 Å². The van der Waals surface area contributed by atoms with Gasteiger partial charge in [-0.05, 0) is 18.1 Å². The number of hydrogen-bond donors (Lipinski definition) is 0. The molecule has 1 aliphatic rings. The minimum absolute atomic E-state index is 0.178. The number of aromatic nitrogens is 1. The fourth-order valence-electron chi connectivity index (χ4n) is 3.14. The molecule has 0 N–H and O–H groups in total. The molecule has 140 valence electrons. The highest BCUT2D eigenvalue weighted by atomic mass is 16.5. The number of azo groups is 1. The topological polar surface area (TPSA) is 88.1 Å². The van der Waals surface area contributed by atoms with Crippen LogP contribution in [0.1, 0.15) is 34.6 Å². The van der Waals surface area contributed by atoms with Crippen LogP contribution >= 0.6 is 0 Å². The van der Waals surface area contributed by atoms with Gasteiger partial charge in [-0.3, -0.25) is 14.5 Å². The Kier molecular flexibility index (Phi) is 4.57. The number of imide groups is 1. The molecule has 2 aromatic carbocycles. The number of rotatable bonds is 5. The summed E-state index contributed by atoms with van der Waals surface area (Å²) in [7, 11) is 0. The second kappa shape index (κ2) is 7.19.